The maximum absolute atomic E-state index is 11.7. The van der Waals surface area contributed by atoms with Gasteiger partial charge in [-0.2, -0.15) is 0 Å². The van der Waals surface area contributed by atoms with E-state index in [0.29, 0.717) is 19.6 Å². The van der Waals surface area contributed by atoms with Crippen LogP contribution in [0.15, 0.2) is 24.3 Å². The summed E-state index contributed by atoms with van der Waals surface area (Å²) in [5, 5.41) is 2.96. The number of nitrogens with zero attached hydrogens (tertiary/aromatic N) is 1. The quantitative estimate of drug-likeness (QED) is 0.741. The second kappa shape index (κ2) is 9.43. The van der Waals surface area contributed by atoms with Crippen LogP contribution >= 0.6 is 0 Å². The van der Waals surface area contributed by atoms with Gasteiger partial charge in [0.2, 0.25) is 5.91 Å². The molecule has 1 saturated heterocycles. The molecule has 1 aromatic carbocycles. The SMILES string of the molecule is Cc1cccc(OCCCC(=O)NCCN2CCOCC2)c1. The molecule has 0 aromatic heterocycles. The van der Waals surface area contributed by atoms with Crippen LogP contribution in [0.25, 0.3) is 0 Å². The summed E-state index contributed by atoms with van der Waals surface area (Å²) < 4.78 is 10.9. The Bertz CT molecular complexity index is 459. The van der Waals surface area contributed by atoms with Gasteiger partial charge in [-0.1, -0.05) is 12.1 Å². The number of hydrogen-bond donors (Lipinski definition) is 1. The average Bonchev–Trinajstić information content (AvgIpc) is 2.53. The van der Waals surface area contributed by atoms with Crippen molar-refractivity contribution in [2.75, 3.05) is 46.0 Å². The summed E-state index contributed by atoms with van der Waals surface area (Å²) in [7, 11) is 0. The van der Waals surface area contributed by atoms with E-state index < -0.39 is 0 Å². The number of rotatable bonds is 8. The molecule has 1 fully saturated rings. The molecule has 0 atom stereocenters. The van der Waals surface area contributed by atoms with E-state index >= 15 is 0 Å². The van der Waals surface area contributed by atoms with E-state index in [1.165, 1.54) is 5.56 Å². The number of carbonyl (C=O) groups excluding carboxylic acids is 1. The van der Waals surface area contributed by atoms with Crippen molar-refractivity contribution in [1.82, 2.24) is 10.2 Å². The molecule has 1 aromatic rings. The molecular weight excluding hydrogens is 280 g/mol. The van der Waals surface area contributed by atoms with Gasteiger partial charge in [-0.05, 0) is 31.0 Å². The highest BCUT2D eigenvalue weighted by atomic mass is 16.5. The van der Waals surface area contributed by atoms with Gasteiger partial charge in [-0.15, -0.1) is 0 Å². The highest BCUT2D eigenvalue weighted by Gasteiger charge is 2.10. The molecule has 2 rings (SSSR count). The minimum atomic E-state index is 0.0982. The Morgan fingerprint density at radius 3 is 2.95 bits per heavy atom. The van der Waals surface area contributed by atoms with Crippen molar-refractivity contribution in [2.45, 2.75) is 19.8 Å². The summed E-state index contributed by atoms with van der Waals surface area (Å²) in [6.07, 6.45) is 1.24. The molecule has 122 valence electrons. The highest BCUT2D eigenvalue weighted by Crippen LogP contribution is 2.12. The Balaban J connectivity index is 1.50. The Morgan fingerprint density at radius 1 is 1.36 bits per heavy atom. The van der Waals surface area contributed by atoms with E-state index in [1.807, 2.05) is 31.2 Å². The Labute approximate surface area is 132 Å². The van der Waals surface area contributed by atoms with Crippen molar-refractivity contribution in [1.29, 1.82) is 0 Å². The third-order valence-corrected chi connectivity index (χ3v) is 3.66. The number of nitrogens with one attached hydrogen (secondary N) is 1. The van der Waals surface area contributed by atoms with Crippen LogP contribution < -0.4 is 10.1 Å². The van der Waals surface area contributed by atoms with Crippen molar-refractivity contribution < 1.29 is 14.3 Å². The van der Waals surface area contributed by atoms with Crippen LogP contribution in [-0.2, 0) is 9.53 Å². The second-order valence-electron chi connectivity index (χ2n) is 5.57. The van der Waals surface area contributed by atoms with Crippen LogP contribution in [0.4, 0.5) is 0 Å². The predicted octanol–water partition coefficient (Wildman–Crippen LogP) is 1.60. The van der Waals surface area contributed by atoms with E-state index in [2.05, 4.69) is 10.2 Å². The second-order valence-corrected chi connectivity index (χ2v) is 5.57. The smallest absolute Gasteiger partial charge is 0.220 e. The Morgan fingerprint density at radius 2 is 2.18 bits per heavy atom. The topological polar surface area (TPSA) is 50.8 Å². The molecule has 0 saturated carbocycles. The Kier molecular flexibility index (Phi) is 7.19. The van der Waals surface area contributed by atoms with Crippen LogP contribution in [0.5, 0.6) is 5.75 Å². The van der Waals surface area contributed by atoms with E-state index in [4.69, 9.17) is 9.47 Å². The van der Waals surface area contributed by atoms with Gasteiger partial charge < -0.3 is 14.8 Å². The maximum Gasteiger partial charge on any atom is 0.220 e. The van der Waals surface area contributed by atoms with Gasteiger partial charge >= 0.3 is 0 Å². The van der Waals surface area contributed by atoms with Gasteiger partial charge in [-0.3, -0.25) is 9.69 Å². The lowest BCUT2D eigenvalue weighted by molar-refractivity contribution is -0.121. The van der Waals surface area contributed by atoms with Crippen LogP contribution in [0, 0.1) is 6.92 Å². The first-order chi connectivity index (χ1) is 10.7. The molecule has 0 bridgehead atoms. The van der Waals surface area contributed by atoms with E-state index in [0.717, 1.165) is 45.0 Å². The molecule has 5 nitrogen and oxygen atoms in total. The molecule has 1 N–H and O–H groups in total. The van der Waals surface area contributed by atoms with E-state index in [1.54, 1.807) is 0 Å². The zero-order valence-corrected chi connectivity index (χ0v) is 13.3. The molecule has 0 radical (unpaired) electrons. The molecule has 1 aliphatic rings. The third kappa shape index (κ3) is 6.45. The summed E-state index contributed by atoms with van der Waals surface area (Å²) >= 11 is 0. The zero-order valence-electron chi connectivity index (χ0n) is 13.3. The minimum Gasteiger partial charge on any atom is -0.494 e. The third-order valence-electron chi connectivity index (χ3n) is 3.66. The number of ether oxygens (including phenoxy) is 2. The summed E-state index contributed by atoms with van der Waals surface area (Å²) in [5.74, 6) is 0.967. The molecule has 0 aliphatic carbocycles. The van der Waals surface area contributed by atoms with Gasteiger partial charge in [0, 0.05) is 32.6 Å². The standard InChI is InChI=1S/C17H26N2O3/c1-15-4-2-5-16(14-15)22-11-3-6-17(20)18-7-8-19-9-12-21-13-10-19/h2,4-5,14H,3,6-13H2,1H3,(H,18,20). The molecule has 1 aliphatic heterocycles. The lowest BCUT2D eigenvalue weighted by atomic mass is 10.2. The fourth-order valence-corrected chi connectivity index (χ4v) is 2.39. The average molecular weight is 306 g/mol. The minimum absolute atomic E-state index is 0.0982. The van der Waals surface area contributed by atoms with E-state index in [9.17, 15) is 4.79 Å². The molecule has 1 amide bonds. The van der Waals surface area contributed by atoms with Crippen molar-refractivity contribution in [3.05, 3.63) is 29.8 Å². The molecule has 1 heterocycles. The summed E-state index contributed by atoms with van der Waals surface area (Å²) in [4.78, 5) is 14.1. The monoisotopic (exact) mass is 306 g/mol. The van der Waals surface area contributed by atoms with Gasteiger partial charge in [0.15, 0.2) is 0 Å². The van der Waals surface area contributed by atoms with Gasteiger partial charge in [0.1, 0.15) is 5.75 Å². The number of carbonyl (C=O) groups is 1. The van der Waals surface area contributed by atoms with Crippen LogP contribution in [0.3, 0.4) is 0 Å². The summed E-state index contributed by atoms with van der Waals surface area (Å²) in [5.41, 5.74) is 1.18. The number of aryl methyl sites for hydroxylation is 1. The molecule has 0 spiro atoms. The van der Waals surface area contributed by atoms with Gasteiger partial charge in [-0.25, -0.2) is 0 Å². The number of morpholine rings is 1. The summed E-state index contributed by atoms with van der Waals surface area (Å²) in [6, 6.07) is 7.95. The van der Waals surface area contributed by atoms with Gasteiger partial charge in [0.05, 0.1) is 19.8 Å². The fourth-order valence-electron chi connectivity index (χ4n) is 2.39. The first kappa shape index (κ1) is 16.8. The van der Waals surface area contributed by atoms with Crippen LogP contribution in [0.1, 0.15) is 18.4 Å². The summed E-state index contributed by atoms with van der Waals surface area (Å²) in [6.45, 7) is 7.72. The number of amides is 1. The van der Waals surface area contributed by atoms with Crippen molar-refractivity contribution >= 4 is 5.91 Å². The maximum atomic E-state index is 11.7. The normalized spacial score (nSPS) is 15.5. The lowest BCUT2D eigenvalue weighted by Crippen LogP contribution is -2.41. The first-order valence-electron chi connectivity index (χ1n) is 8.00. The van der Waals surface area contributed by atoms with E-state index in [-0.39, 0.29) is 5.91 Å². The lowest BCUT2D eigenvalue weighted by Gasteiger charge is -2.26. The molecular formula is C17H26N2O3. The number of hydrogen-bond acceptors (Lipinski definition) is 4. The predicted molar refractivity (Wildman–Crippen MR) is 86.2 cm³/mol. The molecule has 22 heavy (non-hydrogen) atoms. The van der Waals surface area contributed by atoms with Crippen molar-refractivity contribution in [3.63, 3.8) is 0 Å². The zero-order chi connectivity index (χ0) is 15.6. The molecule has 5 heteroatoms. The first-order valence-corrected chi connectivity index (χ1v) is 8.00. The van der Waals surface area contributed by atoms with Crippen molar-refractivity contribution in [2.24, 2.45) is 0 Å². The fraction of sp³-hybridized carbons (Fsp3) is 0.588. The molecule has 0 unspecified atom stereocenters. The van der Waals surface area contributed by atoms with Crippen molar-refractivity contribution in [3.8, 4) is 5.75 Å². The highest BCUT2D eigenvalue weighted by molar-refractivity contribution is 5.75. The van der Waals surface area contributed by atoms with Crippen LogP contribution in [0.2, 0.25) is 0 Å². The van der Waals surface area contributed by atoms with Gasteiger partial charge in [0.25, 0.3) is 0 Å². The number of benzene rings is 1. The van der Waals surface area contributed by atoms with Crippen LogP contribution in [-0.4, -0.2) is 56.8 Å². The largest absolute Gasteiger partial charge is 0.494 e. The Hall–Kier alpha value is -1.59.